The number of hydrogen-bond acceptors (Lipinski definition) is 5. The first-order chi connectivity index (χ1) is 14.8. The van der Waals surface area contributed by atoms with E-state index in [0.29, 0.717) is 37.6 Å². The topological polar surface area (TPSA) is 76.2 Å². The predicted octanol–water partition coefficient (Wildman–Crippen LogP) is 3.34. The molecule has 1 aliphatic rings. The maximum absolute atomic E-state index is 12.8. The van der Waals surface area contributed by atoms with E-state index < -0.39 is 10.0 Å². The van der Waals surface area contributed by atoms with Gasteiger partial charge in [0.2, 0.25) is 10.0 Å². The zero-order chi connectivity index (χ0) is 22.6. The molecule has 0 aliphatic carbocycles. The lowest BCUT2D eigenvalue weighted by Gasteiger charge is -2.19. The standard InChI is InChI=1S/C23H28N2O5S/c1-5-24(6-2)31(27,28)19-9-10-20-18(16-19)13-14-25(20)23(26)12-8-17-7-11-21(29-3)22(15-17)30-4/h7-12,15-16H,5-6,13-14H2,1-4H3/b12-8+. The van der Waals surface area contributed by atoms with Gasteiger partial charge in [0, 0.05) is 31.4 Å². The van der Waals surface area contributed by atoms with Gasteiger partial charge >= 0.3 is 0 Å². The molecule has 0 unspecified atom stereocenters. The van der Waals surface area contributed by atoms with Crippen LogP contribution in [-0.4, -0.2) is 52.5 Å². The van der Waals surface area contributed by atoms with Crippen LogP contribution < -0.4 is 14.4 Å². The minimum Gasteiger partial charge on any atom is -0.493 e. The van der Waals surface area contributed by atoms with Gasteiger partial charge in [-0.3, -0.25) is 4.79 Å². The smallest absolute Gasteiger partial charge is 0.251 e. The van der Waals surface area contributed by atoms with E-state index >= 15 is 0 Å². The summed E-state index contributed by atoms with van der Waals surface area (Å²) in [6.45, 7) is 4.99. The van der Waals surface area contributed by atoms with Crippen molar-refractivity contribution >= 4 is 27.7 Å². The van der Waals surface area contributed by atoms with E-state index in [1.807, 2.05) is 19.9 Å². The molecule has 7 nitrogen and oxygen atoms in total. The number of nitrogens with zero attached hydrogens (tertiary/aromatic N) is 2. The second kappa shape index (κ2) is 9.53. The van der Waals surface area contributed by atoms with Crippen molar-refractivity contribution in [2.24, 2.45) is 0 Å². The number of carbonyl (C=O) groups is 1. The van der Waals surface area contributed by atoms with Crippen LogP contribution in [0.25, 0.3) is 6.08 Å². The summed E-state index contributed by atoms with van der Waals surface area (Å²) in [5, 5.41) is 0. The van der Waals surface area contributed by atoms with Crippen molar-refractivity contribution in [3.05, 3.63) is 53.6 Å². The minimum absolute atomic E-state index is 0.159. The first-order valence-electron chi connectivity index (χ1n) is 10.2. The van der Waals surface area contributed by atoms with Crippen molar-refractivity contribution in [2.45, 2.75) is 25.2 Å². The Labute approximate surface area is 183 Å². The van der Waals surface area contributed by atoms with Crippen molar-refractivity contribution in [1.82, 2.24) is 4.31 Å². The Bertz CT molecular complexity index is 1090. The Hall–Kier alpha value is -2.84. The summed E-state index contributed by atoms with van der Waals surface area (Å²) in [5.74, 6) is 1.05. The van der Waals surface area contributed by atoms with Gasteiger partial charge in [-0.25, -0.2) is 8.42 Å². The average molecular weight is 445 g/mol. The molecule has 1 heterocycles. The highest BCUT2D eigenvalue weighted by Gasteiger charge is 2.27. The highest BCUT2D eigenvalue weighted by atomic mass is 32.2. The number of rotatable bonds is 8. The summed E-state index contributed by atoms with van der Waals surface area (Å²) in [6, 6.07) is 10.4. The van der Waals surface area contributed by atoms with Crippen LogP contribution in [0, 0.1) is 0 Å². The number of ether oxygens (including phenoxy) is 2. The molecule has 31 heavy (non-hydrogen) atoms. The minimum atomic E-state index is -3.53. The molecule has 0 radical (unpaired) electrons. The number of amides is 1. The Balaban J connectivity index is 1.80. The molecule has 0 aromatic heterocycles. The van der Waals surface area contributed by atoms with Gasteiger partial charge in [-0.05, 0) is 54.0 Å². The molecule has 0 spiro atoms. The lowest BCUT2D eigenvalue weighted by atomic mass is 10.1. The van der Waals surface area contributed by atoms with Crippen LogP contribution in [0.3, 0.4) is 0 Å². The molecule has 0 fully saturated rings. The highest BCUT2D eigenvalue weighted by Crippen LogP contribution is 2.32. The van der Waals surface area contributed by atoms with E-state index in [1.54, 1.807) is 55.5 Å². The largest absolute Gasteiger partial charge is 0.493 e. The Morgan fingerprint density at radius 1 is 1.06 bits per heavy atom. The molecule has 2 aromatic carbocycles. The van der Waals surface area contributed by atoms with E-state index in [0.717, 1.165) is 16.8 Å². The zero-order valence-electron chi connectivity index (χ0n) is 18.3. The molecule has 1 aliphatic heterocycles. The van der Waals surface area contributed by atoms with Gasteiger partial charge in [-0.2, -0.15) is 4.31 Å². The number of sulfonamides is 1. The van der Waals surface area contributed by atoms with Crippen LogP contribution in [0.15, 0.2) is 47.4 Å². The number of methoxy groups -OCH3 is 2. The van der Waals surface area contributed by atoms with Crippen molar-refractivity contribution in [3.8, 4) is 11.5 Å². The van der Waals surface area contributed by atoms with Crippen LogP contribution in [0.1, 0.15) is 25.0 Å². The molecule has 1 amide bonds. The fourth-order valence-electron chi connectivity index (χ4n) is 3.69. The fraction of sp³-hybridized carbons (Fsp3) is 0.348. The summed E-state index contributed by atoms with van der Waals surface area (Å²) in [5.41, 5.74) is 2.42. The van der Waals surface area contributed by atoms with Crippen molar-refractivity contribution in [2.75, 3.05) is 38.8 Å². The zero-order valence-corrected chi connectivity index (χ0v) is 19.1. The number of anilines is 1. The van der Waals surface area contributed by atoms with E-state index in [9.17, 15) is 13.2 Å². The maximum atomic E-state index is 12.8. The van der Waals surface area contributed by atoms with E-state index in [4.69, 9.17) is 9.47 Å². The monoisotopic (exact) mass is 444 g/mol. The lowest BCUT2D eigenvalue weighted by molar-refractivity contribution is -0.114. The fourth-order valence-corrected chi connectivity index (χ4v) is 5.20. The molecule has 0 atom stereocenters. The molecule has 0 N–H and O–H groups in total. The molecular weight excluding hydrogens is 416 g/mol. The molecular formula is C23H28N2O5S. The third kappa shape index (κ3) is 4.60. The first kappa shape index (κ1) is 22.8. The molecule has 2 aromatic rings. The van der Waals surface area contributed by atoms with E-state index in [1.165, 1.54) is 10.4 Å². The van der Waals surface area contributed by atoms with Crippen LogP contribution >= 0.6 is 0 Å². The Morgan fingerprint density at radius 3 is 2.42 bits per heavy atom. The van der Waals surface area contributed by atoms with E-state index in [2.05, 4.69) is 0 Å². The molecule has 3 rings (SSSR count). The summed E-state index contributed by atoms with van der Waals surface area (Å²) < 4.78 is 37.5. The second-order valence-corrected chi connectivity index (χ2v) is 9.01. The molecule has 0 saturated carbocycles. The summed E-state index contributed by atoms with van der Waals surface area (Å²) in [7, 11) is -0.394. The summed E-state index contributed by atoms with van der Waals surface area (Å²) in [4.78, 5) is 14.7. The number of benzene rings is 2. The van der Waals surface area contributed by atoms with Crippen LogP contribution in [-0.2, 0) is 21.2 Å². The number of fused-ring (bicyclic) bond motifs is 1. The Morgan fingerprint density at radius 2 is 1.77 bits per heavy atom. The molecule has 8 heteroatoms. The van der Waals surface area contributed by atoms with Crippen LogP contribution in [0.4, 0.5) is 5.69 Å². The quantitative estimate of drug-likeness (QED) is 0.584. The van der Waals surface area contributed by atoms with E-state index in [-0.39, 0.29) is 10.8 Å². The van der Waals surface area contributed by atoms with Gasteiger partial charge in [-0.15, -0.1) is 0 Å². The average Bonchev–Trinajstić information content (AvgIpc) is 3.21. The molecule has 0 bridgehead atoms. The van der Waals surface area contributed by atoms with Crippen molar-refractivity contribution in [3.63, 3.8) is 0 Å². The predicted molar refractivity (Wildman–Crippen MR) is 121 cm³/mol. The van der Waals surface area contributed by atoms with Crippen molar-refractivity contribution < 1.29 is 22.7 Å². The van der Waals surface area contributed by atoms with Crippen LogP contribution in [0.5, 0.6) is 11.5 Å². The van der Waals surface area contributed by atoms with Gasteiger partial charge in [0.15, 0.2) is 11.5 Å². The highest BCUT2D eigenvalue weighted by molar-refractivity contribution is 7.89. The normalized spacial score (nSPS) is 13.6. The number of carbonyl (C=O) groups excluding carboxylic acids is 1. The summed E-state index contributed by atoms with van der Waals surface area (Å²) in [6.07, 6.45) is 3.85. The lowest BCUT2D eigenvalue weighted by Crippen LogP contribution is -2.30. The van der Waals surface area contributed by atoms with Gasteiger partial charge in [-0.1, -0.05) is 19.9 Å². The third-order valence-corrected chi connectivity index (χ3v) is 7.43. The molecule has 166 valence electrons. The summed E-state index contributed by atoms with van der Waals surface area (Å²) >= 11 is 0. The Kier molecular flexibility index (Phi) is 7.02. The van der Waals surface area contributed by atoms with Gasteiger partial charge < -0.3 is 14.4 Å². The van der Waals surface area contributed by atoms with Crippen molar-refractivity contribution in [1.29, 1.82) is 0 Å². The second-order valence-electron chi connectivity index (χ2n) is 7.07. The first-order valence-corrected chi connectivity index (χ1v) is 11.6. The maximum Gasteiger partial charge on any atom is 0.251 e. The van der Waals surface area contributed by atoms with Gasteiger partial charge in [0.25, 0.3) is 5.91 Å². The third-order valence-electron chi connectivity index (χ3n) is 5.38. The van der Waals surface area contributed by atoms with Gasteiger partial charge in [0.05, 0.1) is 19.1 Å². The SMILES string of the molecule is CCN(CC)S(=O)(=O)c1ccc2c(c1)CCN2C(=O)/C=C/c1ccc(OC)c(OC)c1. The molecule has 0 saturated heterocycles. The van der Waals surface area contributed by atoms with Crippen LogP contribution in [0.2, 0.25) is 0 Å². The van der Waals surface area contributed by atoms with Gasteiger partial charge in [0.1, 0.15) is 0 Å². The number of hydrogen-bond donors (Lipinski definition) is 0.